The Morgan fingerprint density at radius 3 is 2.40 bits per heavy atom. The molecule has 0 saturated heterocycles. The van der Waals surface area contributed by atoms with Crippen molar-refractivity contribution in [1.82, 2.24) is 0 Å². The smallest absolute Gasteiger partial charge is 0.0485 e. The van der Waals surface area contributed by atoms with Gasteiger partial charge in [0, 0.05) is 10.6 Å². The van der Waals surface area contributed by atoms with Crippen LogP contribution in [0.4, 0.5) is 5.69 Å². The highest BCUT2D eigenvalue weighted by molar-refractivity contribution is 7.80. The predicted octanol–water partition coefficient (Wildman–Crippen LogP) is 3.15. The highest BCUT2D eigenvalue weighted by Gasteiger charge is 2.02. The number of thiol groups is 1. The molecule has 0 aliphatic carbocycles. The summed E-state index contributed by atoms with van der Waals surface area (Å²) in [7, 11) is 0. The molecule has 0 amide bonds. The van der Waals surface area contributed by atoms with Crippen LogP contribution in [-0.4, -0.2) is 0 Å². The molecule has 0 aliphatic heterocycles. The van der Waals surface area contributed by atoms with Crippen molar-refractivity contribution in [2.75, 3.05) is 5.73 Å². The first-order chi connectivity index (χ1) is 7.27. The molecular weight excluding hydrogens is 202 g/mol. The summed E-state index contributed by atoms with van der Waals surface area (Å²) in [5, 5.41) is 0. The van der Waals surface area contributed by atoms with Crippen molar-refractivity contribution in [2.24, 2.45) is 0 Å². The van der Waals surface area contributed by atoms with Crippen LogP contribution in [0.3, 0.4) is 0 Å². The minimum atomic E-state index is 0.782. The van der Waals surface area contributed by atoms with Gasteiger partial charge in [-0.05, 0) is 23.6 Å². The molecule has 0 saturated carbocycles. The van der Waals surface area contributed by atoms with E-state index in [1.165, 1.54) is 5.56 Å². The molecule has 76 valence electrons. The first kappa shape index (κ1) is 10.1. The predicted molar refractivity (Wildman–Crippen MR) is 67.4 cm³/mol. The third kappa shape index (κ3) is 2.34. The van der Waals surface area contributed by atoms with Crippen LogP contribution in [0.2, 0.25) is 0 Å². The van der Waals surface area contributed by atoms with Crippen molar-refractivity contribution in [2.45, 2.75) is 11.3 Å². The van der Waals surface area contributed by atoms with Crippen molar-refractivity contribution in [3.63, 3.8) is 0 Å². The van der Waals surface area contributed by atoms with Crippen LogP contribution in [0.5, 0.6) is 0 Å². The third-order valence-electron chi connectivity index (χ3n) is 2.41. The third-order valence-corrected chi connectivity index (χ3v) is 2.80. The maximum atomic E-state index is 5.95. The zero-order valence-corrected chi connectivity index (χ0v) is 9.24. The van der Waals surface area contributed by atoms with Crippen molar-refractivity contribution < 1.29 is 0 Å². The number of rotatable bonds is 2. The van der Waals surface area contributed by atoms with E-state index in [-0.39, 0.29) is 0 Å². The molecule has 2 rings (SSSR count). The Labute approximate surface area is 95.3 Å². The van der Waals surface area contributed by atoms with Crippen LogP contribution in [0.15, 0.2) is 53.4 Å². The fourth-order valence-corrected chi connectivity index (χ4v) is 1.80. The van der Waals surface area contributed by atoms with Crippen LogP contribution in [0.1, 0.15) is 11.1 Å². The summed E-state index contributed by atoms with van der Waals surface area (Å²) in [5.41, 5.74) is 9.14. The molecule has 0 spiro atoms. The lowest BCUT2D eigenvalue weighted by Gasteiger charge is -2.07. The average molecular weight is 215 g/mol. The Morgan fingerprint density at radius 2 is 1.67 bits per heavy atom. The molecule has 0 atom stereocenters. The summed E-state index contributed by atoms with van der Waals surface area (Å²) >= 11 is 4.31. The largest absolute Gasteiger partial charge is 0.398 e. The van der Waals surface area contributed by atoms with Gasteiger partial charge >= 0.3 is 0 Å². The molecular formula is C13H13NS. The first-order valence-electron chi connectivity index (χ1n) is 4.87. The lowest BCUT2D eigenvalue weighted by atomic mass is 10.0. The van der Waals surface area contributed by atoms with Gasteiger partial charge in [-0.3, -0.25) is 0 Å². The Bertz CT molecular complexity index is 451. The Kier molecular flexibility index (Phi) is 2.97. The molecule has 2 aromatic rings. The number of nitrogen functional groups attached to an aromatic ring is 1. The van der Waals surface area contributed by atoms with Gasteiger partial charge < -0.3 is 5.73 Å². The zero-order valence-electron chi connectivity index (χ0n) is 8.35. The van der Waals surface area contributed by atoms with E-state index in [9.17, 15) is 0 Å². The molecule has 2 N–H and O–H groups in total. The normalized spacial score (nSPS) is 10.2. The number of anilines is 1. The molecule has 0 aromatic heterocycles. The van der Waals surface area contributed by atoms with E-state index in [4.69, 9.17) is 5.73 Å². The molecule has 2 heteroatoms. The molecule has 0 heterocycles. The first-order valence-corrected chi connectivity index (χ1v) is 5.32. The second kappa shape index (κ2) is 4.41. The van der Waals surface area contributed by atoms with Crippen LogP contribution < -0.4 is 5.73 Å². The SMILES string of the molecule is Nc1c(S)cccc1Cc1ccccc1. The summed E-state index contributed by atoms with van der Waals surface area (Å²) in [6.07, 6.45) is 0.862. The Balaban J connectivity index is 2.29. The molecule has 0 radical (unpaired) electrons. The van der Waals surface area contributed by atoms with Crippen LogP contribution in [0.25, 0.3) is 0 Å². The Hall–Kier alpha value is -1.41. The maximum absolute atomic E-state index is 5.95. The van der Waals surface area contributed by atoms with Crippen molar-refractivity contribution >= 4 is 18.3 Å². The minimum Gasteiger partial charge on any atom is -0.398 e. The topological polar surface area (TPSA) is 26.0 Å². The molecule has 0 bridgehead atoms. The van der Waals surface area contributed by atoms with E-state index < -0.39 is 0 Å². The van der Waals surface area contributed by atoms with Gasteiger partial charge in [-0.1, -0.05) is 42.5 Å². The molecule has 15 heavy (non-hydrogen) atoms. The number of hydrogen-bond donors (Lipinski definition) is 2. The van der Waals surface area contributed by atoms with Gasteiger partial charge in [0.15, 0.2) is 0 Å². The summed E-state index contributed by atoms with van der Waals surface area (Å²) in [6, 6.07) is 16.2. The lowest BCUT2D eigenvalue weighted by molar-refractivity contribution is 1.18. The van der Waals surface area contributed by atoms with Gasteiger partial charge in [-0.2, -0.15) is 0 Å². The van der Waals surface area contributed by atoms with E-state index in [1.54, 1.807) is 0 Å². The summed E-state index contributed by atoms with van der Waals surface area (Å²) < 4.78 is 0. The minimum absolute atomic E-state index is 0.782. The highest BCUT2D eigenvalue weighted by Crippen LogP contribution is 2.23. The number of nitrogens with two attached hydrogens (primary N) is 1. The average Bonchev–Trinajstić information content (AvgIpc) is 2.26. The fourth-order valence-electron chi connectivity index (χ4n) is 1.57. The van der Waals surface area contributed by atoms with Crippen molar-refractivity contribution in [3.8, 4) is 0 Å². The quantitative estimate of drug-likeness (QED) is 0.584. The molecule has 0 fully saturated rings. The molecule has 2 aromatic carbocycles. The fraction of sp³-hybridized carbons (Fsp3) is 0.0769. The van der Waals surface area contributed by atoms with Crippen molar-refractivity contribution in [3.05, 3.63) is 59.7 Å². The van der Waals surface area contributed by atoms with E-state index in [0.717, 1.165) is 22.6 Å². The van der Waals surface area contributed by atoms with Crippen LogP contribution >= 0.6 is 12.6 Å². The zero-order chi connectivity index (χ0) is 10.7. The second-order valence-corrected chi connectivity index (χ2v) is 3.99. The molecule has 1 nitrogen and oxygen atoms in total. The summed E-state index contributed by atoms with van der Waals surface area (Å²) in [6.45, 7) is 0. The molecule has 0 aliphatic rings. The van der Waals surface area contributed by atoms with E-state index >= 15 is 0 Å². The monoisotopic (exact) mass is 215 g/mol. The van der Waals surface area contributed by atoms with Crippen molar-refractivity contribution in [1.29, 1.82) is 0 Å². The number of para-hydroxylation sites is 1. The van der Waals surface area contributed by atoms with Gasteiger partial charge in [0.25, 0.3) is 0 Å². The van der Waals surface area contributed by atoms with Gasteiger partial charge in [0.05, 0.1) is 0 Å². The van der Waals surface area contributed by atoms with Crippen LogP contribution in [0, 0.1) is 0 Å². The van der Waals surface area contributed by atoms with Gasteiger partial charge in [0.1, 0.15) is 0 Å². The van der Waals surface area contributed by atoms with Gasteiger partial charge in [-0.15, -0.1) is 12.6 Å². The highest BCUT2D eigenvalue weighted by atomic mass is 32.1. The Morgan fingerprint density at radius 1 is 0.933 bits per heavy atom. The van der Waals surface area contributed by atoms with E-state index in [1.807, 2.05) is 36.4 Å². The lowest BCUT2D eigenvalue weighted by Crippen LogP contribution is -1.96. The summed E-state index contributed by atoms with van der Waals surface area (Å²) in [4.78, 5) is 0.850. The van der Waals surface area contributed by atoms with E-state index in [0.29, 0.717) is 0 Å². The maximum Gasteiger partial charge on any atom is 0.0485 e. The second-order valence-electron chi connectivity index (χ2n) is 3.51. The molecule has 0 unspecified atom stereocenters. The number of benzene rings is 2. The number of hydrogen-bond acceptors (Lipinski definition) is 2. The van der Waals surface area contributed by atoms with Gasteiger partial charge in [-0.25, -0.2) is 0 Å². The van der Waals surface area contributed by atoms with Gasteiger partial charge in [0.2, 0.25) is 0 Å². The van der Waals surface area contributed by atoms with Crippen LogP contribution in [-0.2, 0) is 6.42 Å². The summed E-state index contributed by atoms with van der Waals surface area (Å²) in [5.74, 6) is 0. The van der Waals surface area contributed by atoms with E-state index in [2.05, 4.69) is 24.8 Å². The standard InChI is InChI=1S/C13H13NS/c14-13-11(7-4-8-12(13)15)9-10-5-2-1-3-6-10/h1-8,15H,9,14H2.